The van der Waals surface area contributed by atoms with E-state index >= 15 is 0 Å². The number of rotatable bonds is 15. The lowest BCUT2D eigenvalue weighted by Crippen LogP contribution is -2.55. The van der Waals surface area contributed by atoms with Crippen LogP contribution in [0, 0.1) is 0 Å². The molecule has 0 aromatic heterocycles. The zero-order chi connectivity index (χ0) is 30.2. The van der Waals surface area contributed by atoms with Gasteiger partial charge in [-0.25, -0.2) is 0 Å². The maximum absolute atomic E-state index is 11.7. The molecular weight excluding hydrogens is 540 g/mol. The van der Waals surface area contributed by atoms with Gasteiger partial charge in [0, 0.05) is 78.1 Å². The van der Waals surface area contributed by atoms with E-state index in [2.05, 4.69) is 0 Å². The standard InChI is InChI=1S/C27H42N4O10/c1-2-40-13-14-41-23-5-3-21(4-6-23)15-22-16-30(19-26(36)37)10-9-28(17-24(32)33)7-8-29(18-25(34)35)11-12-31(22)20-27(38)39/h3-6,22H,2,7-20H2,1H3,(H,32,33)(H,34,35)(H,36,37)(H,38,39)/p-3/t22-/m0/s1. The van der Waals surface area contributed by atoms with Gasteiger partial charge in [-0.2, -0.15) is 0 Å². The molecule has 1 aliphatic rings. The van der Waals surface area contributed by atoms with Crippen molar-refractivity contribution in [2.75, 3.05) is 91.8 Å². The number of hydrogen-bond acceptors (Lipinski definition) is 13. The molecule has 1 atom stereocenters. The van der Waals surface area contributed by atoms with Crippen molar-refractivity contribution in [3.63, 3.8) is 0 Å². The van der Waals surface area contributed by atoms with E-state index in [-0.39, 0.29) is 52.4 Å². The number of carboxylic acid groups (broad SMARTS) is 4. The molecule has 1 heterocycles. The molecule has 0 aliphatic carbocycles. The van der Waals surface area contributed by atoms with Crippen LogP contribution in [0.3, 0.4) is 0 Å². The lowest BCUT2D eigenvalue weighted by molar-refractivity contribution is -0.309. The predicted molar refractivity (Wildman–Crippen MR) is 139 cm³/mol. The molecule has 1 aromatic rings. The summed E-state index contributed by atoms with van der Waals surface area (Å²) < 4.78 is 10.9. The Hall–Kier alpha value is -3.30. The zero-order valence-corrected chi connectivity index (χ0v) is 23.4. The van der Waals surface area contributed by atoms with Gasteiger partial charge in [-0.05, 0) is 31.0 Å². The molecule has 1 saturated heterocycles. The number of hydrogen-bond donors (Lipinski definition) is 1. The monoisotopic (exact) mass is 579 g/mol. The number of carbonyl (C=O) groups is 4. The first kappa shape index (κ1) is 33.9. The average molecular weight is 580 g/mol. The minimum atomic E-state index is -1.32. The summed E-state index contributed by atoms with van der Waals surface area (Å²) >= 11 is 0. The van der Waals surface area contributed by atoms with Crippen LogP contribution in [0.4, 0.5) is 0 Å². The molecule has 0 bridgehead atoms. The van der Waals surface area contributed by atoms with Crippen molar-refractivity contribution in [2.24, 2.45) is 0 Å². The number of carbonyl (C=O) groups excluding carboxylic acids is 3. The van der Waals surface area contributed by atoms with Gasteiger partial charge in [0.05, 0.1) is 31.1 Å². The Balaban J connectivity index is 2.33. The van der Waals surface area contributed by atoms with E-state index in [4.69, 9.17) is 9.47 Å². The van der Waals surface area contributed by atoms with E-state index in [9.17, 15) is 39.6 Å². The Kier molecular flexibility index (Phi) is 15.0. The summed E-state index contributed by atoms with van der Waals surface area (Å²) in [7, 11) is 0. The van der Waals surface area contributed by atoms with Crippen molar-refractivity contribution in [1.82, 2.24) is 19.6 Å². The molecular formula is C27H39N4O10-3. The number of ether oxygens (including phenoxy) is 2. The van der Waals surface area contributed by atoms with Crippen LogP contribution in [-0.2, 0) is 30.3 Å². The van der Waals surface area contributed by atoms with Crippen LogP contribution < -0.4 is 20.1 Å². The molecule has 41 heavy (non-hydrogen) atoms. The molecule has 0 spiro atoms. The number of nitrogens with zero attached hydrogens (tertiary/aromatic N) is 4. The van der Waals surface area contributed by atoms with Crippen molar-refractivity contribution < 1.29 is 49.1 Å². The highest BCUT2D eigenvalue weighted by atomic mass is 16.5. The highest BCUT2D eigenvalue weighted by molar-refractivity contribution is 5.69. The summed E-state index contributed by atoms with van der Waals surface area (Å²) in [5, 5.41) is 44.0. The number of benzene rings is 1. The maximum Gasteiger partial charge on any atom is 0.317 e. The van der Waals surface area contributed by atoms with Crippen molar-refractivity contribution in [3.05, 3.63) is 29.8 Å². The van der Waals surface area contributed by atoms with Gasteiger partial charge in [0.2, 0.25) is 0 Å². The van der Waals surface area contributed by atoms with E-state index in [1.807, 2.05) is 19.1 Å². The van der Waals surface area contributed by atoms with Crippen LogP contribution in [0.25, 0.3) is 0 Å². The van der Waals surface area contributed by atoms with Crippen LogP contribution in [-0.4, -0.2) is 146 Å². The van der Waals surface area contributed by atoms with Crippen molar-refractivity contribution in [1.29, 1.82) is 0 Å². The van der Waals surface area contributed by atoms with Gasteiger partial charge >= 0.3 is 5.97 Å². The molecule has 1 aromatic carbocycles. The van der Waals surface area contributed by atoms with Gasteiger partial charge in [0.25, 0.3) is 0 Å². The fraction of sp³-hybridized carbons (Fsp3) is 0.630. The third kappa shape index (κ3) is 14.2. The van der Waals surface area contributed by atoms with Gasteiger partial charge in [-0.1, -0.05) is 12.1 Å². The smallest absolute Gasteiger partial charge is 0.317 e. The molecule has 1 fully saturated rings. The van der Waals surface area contributed by atoms with Crippen molar-refractivity contribution >= 4 is 23.9 Å². The summed E-state index contributed by atoms with van der Waals surface area (Å²) in [6, 6.07) is 6.74. The van der Waals surface area contributed by atoms with Crippen LogP contribution in [0.5, 0.6) is 5.75 Å². The minimum absolute atomic E-state index is 0.131. The molecule has 230 valence electrons. The average Bonchev–Trinajstić information content (AvgIpc) is 2.88. The fourth-order valence-corrected chi connectivity index (χ4v) is 4.69. The molecule has 0 radical (unpaired) electrons. The fourth-order valence-electron chi connectivity index (χ4n) is 4.69. The van der Waals surface area contributed by atoms with Crippen LogP contribution in [0.2, 0.25) is 0 Å². The molecule has 2 rings (SSSR count). The quantitative estimate of drug-likeness (QED) is 0.196. The largest absolute Gasteiger partial charge is 0.549 e. The molecule has 0 saturated carbocycles. The van der Waals surface area contributed by atoms with Gasteiger partial charge < -0.3 is 44.3 Å². The lowest BCUT2D eigenvalue weighted by Gasteiger charge is -2.39. The van der Waals surface area contributed by atoms with E-state index in [1.165, 1.54) is 0 Å². The van der Waals surface area contributed by atoms with E-state index in [1.54, 1.807) is 31.7 Å². The first-order valence-electron chi connectivity index (χ1n) is 13.6. The maximum atomic E-state index is 11.7. The van der Waals surface area contributed by atoms with Crippen molar-refractivity contribution in [3.8, 4) is 5.75 Å². The van der Waals surface area contributed by atoms with Gasteiger partial charge in [0.15, 0.2) is 0 Å². The topological polar surface area (TPSA) is 189 Å². The Morgan fingerprint density at radius 1 is 0.780 bits per heavy atom. The Morgan fingerprint density at radius 2 is 1.32 bits per heavy atom. The molecule has 0 unspecified atom stereocenters. The summed E-state index contributed by atoms with van der Waals surface area (Å²) in [6.45, 7) is 2.91. The Morgan fingerprint density at radius 3 is 1.88 bits per heavy atom. The summed E-state index contributed by atoms with van der Waals surface area (Å²) in [5.41, 5.74) is 0.844. The van der Waals surface area contributed by atoms with E-state index < -0.39 is 49.6 Å². The number of carboxylic acids is 4. The summed E-state index contributed by atoms with van der Waals surface area (Å²) in [4.78, 5) is 52.5. The van der Waals surface area contributed by atoms with Gasteiger partial charge in [-0.3, -0.25) is 24.4 Å². The first-order valence-corrected chi connectivity index (χ1v) is 13.6. The molecule has 14 heteroatoms. The van der Waals surface area contributed by atoms with Gasteiger partial charge in [0.1, 0.15) is 12.4 Å². The SMILES string of the molecule is CCOCCOc1ccc(C[C@H]2CN(CC(=O)[O-])CCN(CC(=O)[O-])CCN(CC(=O)O)CCN2CC(=O)[O-])cc1. The lowest BCUT2D eigenvalue weighted by atomic mass is 10.0. The highest BCUT2D eigenvalue weighted by Gasteiger charge is 2.25. The van der Waals surface area contributed by atoms with Gasteiger partial charge in [-0.15, -0.1) is 0 Å². The van der Waals surface area contributed by atoms with Crippen LogP contribution in [0.1, 0.15) is 12.5 Å². The van der Waals surface area contributed by atoms with Crippen LogP contribution in [0.15, 0.2) is 24.3 Å². The second-order valence-corrected chi connectivity index (χ2v) is 9.81. The van der Waals surface area contributed by atoms with E-state index in [0.29, 0.717) is 32.0 Å². The Labute approximate surface area is 239 Å². The molecule has 14 nitrogen and oxygen atoms in total. The molecule has 1 N–H and O–H groups in total. The molecule has 1 aliphatic heterocycles. The predicted octanol–water partition coefficient (Wildman–Crippen LogP) is -4.43. The first-order chi connectivity index (χ1) is 19.5. The third-order valence-electron chi connectivity index (χ3n) is 6.65. The highest BCUT2D eigenvalue weighted by Crippen LogP contribution is 2.17. The molecule has 0 amide bonds. The summed E-state index contributed by atoms with van der Waals surface area (Å²) in [5.74, 6) is -4.40. The Bertz CT molecular complexity index is 977. The second-order valence-electron chi connectivity index (χ2n) is 9.81. The number of aliphatic carboxylic acids is 4. The second kappa shape index (κ2) is 18.2. The normalized spacial score (nSPS) is 18.7. The van der Waals surface area contributed by atoms with Crippen molar-refractivity contribution in [2.45, 2.75) is 19.4 Å². The minimum Gasteiger partial charge on any atom is -0.549 e. The summed E-state index contributed by atoms with van der Waals surface area (Å²) in [6.07, 6.45) is 0.345. The third-order valence-corrected chi connectivity index (χ3v) is 6.65. The zero-order valence-electron chi connectivity index (χ0n) is 23.4. The van der Waals surface area contributed by atoms with Crippen LogP contribution >= 0.6 is 0 Å². The van der Waals surface area contributed by atoms with E-state index in [0.717, 1.165) is 5.56 Å².